The Morgan fingerprint density at radius 3 is 0.881 bits per heavy atom. The van der Waals surface area contributed by atoms with Crippen LogP contribution in [0.25, 0.3) is 0 Å². The third-order valence-corrected chi connectivity index (χ3v) is 24.8. The first-order chi connectivity index (χ1) is 63.5. The number of aliphatic hydroxyl groups excluding tert-OH is 5. The van der Waals surface area contributed by atoms with Crippen LogP contribution in [-0.4, -0.2) is 282 Å². The molecule has 19 rings (SSSR count). The van der Waals surface area contributed by atoms with Gasteiger partial charge < -0.3 is 158 Å². The molecule has 0 radical (unpaired) electrons. The largest absolute Gasteiger partial charge is 0.460 e. The molecule has 14 fully saturated rings. The summed E-state index contributed by atoms with van der Waals surface area (Å²) in [6, 6.07) is 49.6. The van der Waals surface area contributed by atoms with E-state index in [1.165, 1.54) is 6.92 Å². The van der Waals surface area contributed by atoms with E-state index in [0.29, 0.717) is 58.6 Å². The summed E-state index contributed by atoms with van der Waals surface area (Å²) in [5, 5.41) is 48.5. The topological polar surface area (TPSA) is 377 Å². The summed E-state index contributed by atoms with van der Waals surface area (Å²) in [4.78, 5) is 11.4. The first kappa shape index (κ1) is 104. The molecule has 14 aliphatic heterocycles. The molecule has 5 N–H and O–H groups in total. The van der Waals surface area contributed by atoms with Crippen molar-refractivity contribution in [3.05, 3.63) is 179 Å². The lowest BCUT2D eigenvalue weighted by Gasteiger charge is -2.30. The molecule has 14 heterocycles. The van der Waals surface area contributed by atoms with E-state index in [1.54, 1.807) is 41.5 Å². The van der Waals surface area contributed by atoms with Crippen molar-refractivity contribution < 1.29 is 163 Å². The van der Waals surface area contributed by atoms with Crippen molar-refractivity contribution in [1.29, 1.82) is 0 Å². The molecule has 134 heavy (non-hydrogen) atoms. The Morgan fingerprint density at radius 2 is 0.590 bits per heavy atom. The summed E-state index contributed by atoms with van der Waals surface area (Å²) in [6.45, 7) is 39.6. The van der Waals surface area contributed by atoms with Crippen LogP contribution >= 0.6 is 0 Å². The molecule has 0 aliphatic carbocycles. The Balaban J connectivity index is 0.000000129. The SMILES string of the molecule is CC1(C)OCC([C@H]2O[C@@H]3OC(C)(C)O[C@H]3C2O)O1.CC1(C)OCC([C@H]2O[C@@H]3OC(C)(C)O[C@H]3C2OCc2ccccc2)O1.CC1(C)O[C@H]2O[C@H](C(O)CO)C(OCc3ccccc3)[C@@H]2O1.CC1(C)O[C@H]2O[C@H](C(O)CO)C(OCc3ccccc3)[C@@H]2O1.CCC(C)[C@H]1O[C@@H]2OC(C)(C)O[C@H]2C1OCc1ccccc1.CCC(OC(C)=O)[C@H]1O[C@@H]2OC(C)(C)O[C@H]2C1OCc1ccccc1. The highest BCUT2D eigenvalue weighted by Crippen LogP contribution is 2.48. The molecule has 30 atom stereocenters. The summed E-state index contributed by atoms with van der Waals surface area (Å²) >= 11 is 0. The number of esters is 1. The molecule has 5 aromatic carbocycles. The second-order valence-corrected chi connectivity index (χ2v) is 39.4. The fraction of sp³-hybridized carbons (Fsp3) is 0.690. The van der Waals surface area contributed by atoms with Gasteiger partial charge in [-0.05, 0) is 151 Å². The molecule has 0 saturated carbocycles. The van der Waals surface area contributed by atoms with Crippen molar-refractivity contribution in [2.45, 2.75) is 409 Å². The summed E-state index contributed by atoms with van der Waals surface area (Å²) < 4.78 is 164. The molecule has 746 valence electrons. The van der Waals surface area contributed by atoms with Gasteiger partial charge in [0.25, 0.3) is 0 Å². The third-order valence-electron chi connectivity index (χ3n) is 24.8. The Morgan fingerprint density at radius 1 is 0.328 bits per heavy atom. The lowest BCUT2D eigenvalue weighted by Crippen LogP contribution is -2.44. The summed E-state index contributed by atoms with van der Waals surface area (Å²) in [6.07, 6.45) is -11.5. The Bertz CT molecular complexity index is 4200. The van der Waals surface area contributed by atoms with Crippen molar-refractivity contribution in [1.82, 2.24) is 0 Å². The zero-order valence-corrected chi connectivity index (χ0v) is 80.6. The van der Waals surface area contributed by atoms with Gasteiger partial charge in [0.1, 0.15) is 134 Å². The first-order valence-corrected chi connectivity index (χ1v) is 46.9. The highest BCUT2D eigenvalue weighted by Gasteiger charge is 2.64. The Labute approximate surface area is 785 Å². The number of carbonyl (C=O) groups is 1. The van der Waals surface area contributed by atoms with Gasteiger partial charge in [-0.15, -0.1) is 0 Å². The van der Waals surface area contributed by atoms with Crippen molar-refractivity contribution in [3.63, 3.8) is 0 Å². The number of hydrogen-bond donors (Lipinski definition) is 5. The van der Waals surface area contributed by atoms with E-state index in [-0.39, 0.29) is 73.3 Å². The van der Waals surface area contributed by atoms with Gasteiger partial charge in [0, 0.05) is 6.92 Å². The van der Waals surface area contributed by atoms with Gasteiger partial charge in [-0.1, -0.05) is 179 Å². The van der Waals surface area contributed by atoms with Crippen LogP contribution in [0.15, 0.2) is 152 Å². The third kappa shape index (κ3) is 26.5. The van der Waals surface area contributed by atoms with E-state index in [9.17, 15) is 30.3 Å². The van der Waals surface area contributed by atoms with Crippen LogP contribution in [0.5, 0.6) is 0 Å². The molecule has 12 unspecified atom stereocenters. The quantitative estimate of drug-likeness (QED) is 0.0321. The Hall–Kier alpha value is -5.71. The highest BCUT2D eigenvalue weighted by molar-refractivity contribution is 5.66. The van der Waals surface area contributed by atoms with Crippen LogP contribution in [-0.2, 0) is 170 Å². The molecule has 34 heteroatoms. The van der Waals surface area contributed by atoms with Gasteiger partial charge in [0.05, 0.1) is 65.6 Å². The van der Waals surface area contributed by atoms with Crippen molar-refractivity contribution in [2.75, 3.05) is 26.4 Å². The standard InChI is InChI=1S/2C19H26O6.C18H26O4.2C16H22O6.C12H20O6/c1-18(2)21-11-13(23-18)14-15(20-10-12-8-6-5-7-9-12)16-17(22-14)25-19(3,4)24-16;1-5-14(22-12(2)20)15-16(21-11-13-9-7-6-8-10-13)17-18(23-15)25-19(3,4)24-17;1-5-12(2)14-15(19-11-13-9-7-6-8-10-13)16-17(20-14)22-18(3,4)21-16;2*1-16(2)21-14-13(19-9-10-6-4-3-5-7-10)12(11(18)8-17)20-15(14)22-16;1-11(2)14-5-6(16-11)8-7(13)9-10(15-8)18-12(3,4)17-9/h5-9,13-17H,10-11H2,1-4H3;6-10,14-18H,5,11H2,1-4H3;6-10,12,14-17H,5,11H2,1-4H3;2*3-7,11-15,17-18H,8-9H2,1-2H3;6-10,13H,5H2,1-4H3/t13?,14-,15?,16+,17-;14?,15-,16?,17+,18-;12?,14-,15?,16+,17-;2*11?,12-,13?,14+,15-;6?,7?,8-,9+,10-/m111111/s1. The minimum absolute atomic E-state index is 0.0137. The van der Waals surface area contributed by atoms with Gasteiger partial charge in [0.2, 0.25) is 0 Å². The normalized spacial score (nSPS) is 36.8. The molecule has 14 saturated heterocycles. The molecular formula is C100H142O34. The summed E-state index contributed by atoms with van der Waals surface area (Å²) in [5.41, 5.74) is 5.35. The molecule has 34 nitrogen and oxygen atoms in total. The molecule has 0 spiro atoms. The predicted octanol–water partition coefficient (Wildman–Crippen LogP) is 10.9. The highest BCUT2D eigenvalue weighted by atomic mass is 16.9. The van der Waals surface area contributed by atoms with Crippen LogP contribution < -0.4 is 0 Å². The van der Waals surface area contributed by atoms with E-state index in [4.69, 9.17) is 133 Å². The lowest BCUT2D eigenvalue weighted by molar-refractivity contribution is -0.236. The van der Waals surface area contributed by atoms with Crippen LogP contribution in [0.4, 0.5) is 0 Å². The fourth-order valence-corrected chi connectivity index (χ4v) is 18.6. The maximum Gasteiger partial charge on any atom is 0.302 e. The molecule has 5 aromatic rings. The van der Waals surface area contributed by atoms with E-state index < -0.39 is 170 Å². The molecular weight excluding hydrogens is 1750 g/mol. The minimum Gasteiger partial charge on any atom is -0.460 e. The second-order valence-electron chi connectivity index (χ2n) is 39.4. The first-order valence-electron chi connectivity index (χ1n) is 46.9. The zero-order valence-electron chi connectivity index (χ0n) is 80.6. The van der Waals surface area contributed by atoms with Crippen LogP contribution in [0.3, 0.4) is 0 Å². The Kier molecular flexibility index (Phi) is 34.4. The monoisotopic (exact) mass is 1890 g/mol. The van der Waals surface area contributed by atoms with E-state index >= 15 is 0 Å². The minimum atomic E-state index is -1.04. The van der Waals surface area contributed by atoms with Gasteiger partial charge in [-0.2, -0.15) is 0 Å². The fourth-order valence-electron chi connectivity index (χ4n) is 18.6. The maximum atomic E-state index is 11.4. The molecule has 0 amide bonds. The average Bonchev–Trinajstić information content (AvgIpc) is 1.63. The van der Waals surface area contributed by atoms with Gasteiger partial charge in [0.15, 0.2) is 84.0 Å². The lowest BCUT2D eigenvalue weighted by atomic mass is 9.96. The van der Waals surface area contributed by atoms with Crippen LogP contribution in [0.2, 0.25) is 0 Å². The number of aliphatic hydroxyl groups is 5. The zero-order chi connectivity index (χ0) is 96.0. The van der Waals surface area contributed by atoms with E-state index in [2.05, 4.69) is 26.0 Å². The molecule has 0 bridgehead atoms. The van der Waals surface area contributed by atoms with Crippen LogP contribution in [0.1, 0.15) is 179 Å². The smallest absolute Gasteiger partial charge is 0.302 e. The van der Waals surface area contributed by atoms with Crippen molar-refractivity contribution in [3.8, 4) is 0 Å². The molecule has 14 aliphatic rings. The van der Waals surface area contributed by atoms with E-state index in [1.807, 2.05) is 216 Å². The van der Waals surface area contributed by atoms with Crippen molar-refractivity contribution in [2.24, 2.45) is 5.92 Å². The number of fused-ring (bicyclic) bond motifs is 6. The predicted molar refractivity (Wildman–Crippen MR) is 475 cm³/mol. The number of ether oxygens (including phenoxy) is 28. The molecule has 0 aromatic heterocycles. The second kappa shape index (κ2) is 44.2. The average molecular weight is 1890 g/mol. The number of benzene rings is 5. The van der Waals surface area contributed by atoms with Gasteiger partial charge >= 0.3 is 5.97 Å². The van der Waals surface area contributed by atoms with E-state index in [0.717, 1.165) is 34.2 Å². The number of rotatable bonds is 26. The summed E-state index contributed by atoms with van der Waals surface area (Å²) in [5.74, 6) is -5.41. The van der Waals surface area contributed by atoms with Gasteiger partial charge in [-0.3, -0.25) is 4.79 Å². The summed E-state index contributed by atoms with van der Waals surface area (Å²) in [7, 11) is 0. The maximum absolute atomic E-state index is 11.4. The van der Waals surface area contributed by atoms with Crippen LogP contribution in [0, 0.1) is 5.92 Å². The van der Waals surface area contributed by atoms with Crippen molar-refractivity contribution >= 4 is 5.97 Å². The number of carbonyl (C=O) groups excluding carboxylic acids is 1. The van der Waals surface area contributed by atoms with Gasteiger partial charge in [-0.25, -0.2) is 0 Å². The number of hydrogen-bond acceptors (Lipinski definition) is 34.